The zero-order valence-corrected chi connectivity index (χ0v) is 8.91. The minimum absolute atomic E-state index is 0.171. The van der Waals surface area contributed by atoms with Crippen LogP contribution in [0.3, 0.4) is 0 Å². The van der Waals surface area contributed by atoms with E-state index in [4.69, 9.17) is 5.11 Å². The summed E-state index contributed by atoms with van der Waals surface area (Å²) in [6, 6.07) is 1.07. The number of rotatable bonds is 2. The maximum absolute atomic E-state index is 13.5. The van der Waals surface area contributed by atoms with Gasteiger partial charge in [-0.15, -0.1) is 0 Å². The number of amides is 1. The van der Waals surface area contributed by atoms with E-state index >= 15 is 0 Å². The molecular weight excluding hydrogens is 251 g/mol. The Morgan fingerprint density at radius 2 is 2.00 bits per heavy atom. The van der Waals surface area contributed by atoms with Crippen LogP contribution in [0.5, 0.6) is 0 Å². The molecule has 4 nitrogen and oxygen atoms in total. The normalized spacial score (nSPS) is 22.9. The fourth-order valence-corrected chi connectivity index (χ4v) is 2.04. The molecule has 0 radical (unpaired) electrons. The van der Waals surface area contributed by atoms with Gasteiger partial charge in [0.2, 0.25) is 5.91 Å². The van der Waals surface area contributed by atoms with Gasteiger partial charge in [0.15, 0.2) is 11.6 Å². The van der Waals surface area contributed by atoms with Gasteiger partial charge in [-0.2, -0.15) is 0 Å². The van der Waals surface area contributed by atoms with E-state index in [1.54, 1.807) is 0 Å². The van der Waals surface area contributed by atoms with Crippen molar-refractivity contribution in [1.82, 2.24) is 5.32 Å². The van der Waals surface area contributed by atoms with Gasteiger partial charge in [0.1, 0.15) is 11.7 Å². The zero-order valence-electron chi connectivity index (χ0n) is 8.91. The SMILES string of the molecule is O=C(O)C1C(=O)NCC1c1cc(F)cc(F)c1F. The summed E-state index contributed by atoms with van der Waals surface area (Å²) < 4.78 is 39.6. The first-order valence-electron chi connectivity index (χ1n) is 5.06. The number of benzene rings is 1. The maximum atomic E-state index is 13.5. The molecule has 18 heavy (non-hydrogen) atoms. The predicted octanol–water partition coefficient (Wildman–Crippen LogP) is 1.02. The number of carboxylic acids is 1. The number of aliphatic carboxylic acids is 1. The molecule has 96 valence electrons. The second kappa shape index (κ2) is 4.32. The van der Waals surface area contributed by atoms with Crippen LogP contribution in [0.4, 0.5) is 13.2 Å². The van der Waals surface area contributed by atoms with Crippen LogP contribution in [-0.2, 0) is 9.59 Å². The third-order valence-electron chi connectivity index (χ3n) is 2.87. The average Bonchev–Trinajstić information content (AvgIpc) is 2.65. The van der Waals surface area contributed by atoms with Crippen LogP contribution in [0.1, 0.15) is 11.5 Å². The Hall–Kier alpha value is -2.05. The molecule has 1 aromatic rings. The lowest BCUT2D eigenvalue weighted by Gasteiger charge is -2.14. The number of halogens is 3. The largest absolute Gasteiger partial charge is 0.481 e. The lowest BCUT2D eigenvalue weighted by Crippen LogP contribution is -2.27. The fraction of sp³-hybridized carbons (Fsp3) is 0.273. The Morgan fingerprint density at radius 1 is 1.33 bits per heavy atom. The highest BCUT2D eigenvalue weighted by Crippen LogP contribution is 2.32. The van der Waals surface area contributed by atoms with Crippen LogP contribution in [-0.4, -0.2) is 23.5 Å². The van der Waals surface area contributed by atoms with Gasteiger partial charge in [0.25, 0.3) is 0 Å². The van der Waals surface area contributed by atoms with Crippen molar-refractivity contribution in [2.24, 2.45) is 5.92 Å². The summed E-state index contributed by atoms with van der Waals surface area (Å²) in [5.41, 5.74) is -0.446. The molecule has 7 heteroatoms. The van der Waals surface area contributed by atoms with Crippen LogP contribution < -0.4 is 5.32 Å². The molecule has 2 atom stereocenters. The van der Waals surface area contributed by atoms with Crippen molar-refractivity contribution < 1.29 is 27.9 Å². The van der Waals surface area contributed by atoms with E-state index in [0.29, 0.717) is 12.1 Å². The molecule has 0 spiro atoms. The van der Waals surface area contributed by atoms with E-state index in [0.717, 1.165) is 0 Å². The number of nitrogens with one attached hydrogen (secondary N) is 1. The molecule has 0 saturated carbocycles. The number of carboxylic acid groups (broad SMARTS) is 1. The molecule has 2 unspecified atom stereocenters. The van der Waals surface area contributed by atoms with E-state index in [9.17, 15) is 22.8 Å². The van der Waals surface area contributed by atoms with Crippen molar-refractivity contribution in [3.63, 3.8) is 0 Å². The predicted molar refractivity (Wildman–Crippen MR) is 53.2 cm³/mol. The van der Waals surface area contributed by atoms with Gasteiger partial charge in [-0.3, -0.25) is 9.59 Å². The van der Waals surface area contributed by atoms with Crippen molar-refractivity contribution >= 4 is 11.9 Å². The monoisotopic (exact) mass is 259 g/mol. The molecule has 1 fully saturated rings. The van der Waals surface area contributed by atoms with Gasteiger partial charge in [-0.25, -0.2) is 13.2 Å². The molecule has 1 aliphatic heterocycles. The van der Waals surface area contributed by atoms with Gasteiger partial charge < -0.3 is 10.4 Å². The second-order valence-electron chi connectivity index (χ2n) is 3.96. The summed E-state index contributed by atoms with van der Waals surface area (Å²) in [4.78, 5) is 22.2. The molecule has 1 heterocycles. The molecule has 1 aromatic carbocycles. The molecule has 0 bridgehead atoms. The van der Waals surface area contributed by atoms with Gasteiger partial charge >= 0.3 is 5.97 Å². The van der Waals surface area contributed by atoms with Crippen molar-refractivity contribution in [3.8, 4) is 0 Å². The minimum Gasteiger partial charge on any atom is -0.481 e. The molecule has 0 aliphatic carbocycles. The highest BCUT2D eigenvalue weighted by Gasteiger charge is 2.42. The Bertz CT molecular complexity index is 533. The van der Waals surface area contributed by atoms with Crippen molar-refractivity contribution in [1.29, 1.82) is 0 Å². The number of carbonyl (C=O) groups is 2. The highest BCUT2D eigenvalue weighted by atomic mass is 19.2. The van der Waals surface area contributed by atoms with Gasteiger partial charge in [-0.05, 0) is 6.07 Å². The van der Waals surface area contributed by atoms with Crippen LogP contribution in [0.15, 0.2) is 12.1 Å². The molecule has 0 aromatic heterocycles. The number of hydrogen-bond donors (Lipinski definition) is 2. The first-order valence-corrected chi connectivity index (χ1v) is 5.06. The zero-order chi connectivity index (χ0) is 13.4. The third kappa shape index (κ3) is 1.92. The first kappa shape index (κ1) is 12.4. The first-order chi connectivity index (χ1) is 8.41. The second-order valence-corrected chi connectivity index (χ2v) is 3.96. The van der Waals surface area contributed by atoms with E-state index in [2.05, 4.69) is 5.32 Å². The summed E-state index contributed by atoms with van der Waals surface area (Å²) in [5, 5.41) is 11.1. The lowest BCUT2D eigenvalue weighted by molar-refractivity contribution is -0.145. The average molecular weight is 259 g/mol. The van der Waals surface area contributed by atoms with Crippen molar-refractivity contribution in [3.05, 3.63) is 35.1 Å². The Kier molecular flexibility index (Phi) is 2.98. The molecule has 2 N–H and O–H groups in total. The topological polar surface area (TPSA) is 66.4 Å². The van der Waals surface area contributed by atoms with Crippen LogP contribution in [0.2, 0.25) is 0 Å². The van der Waals surface area contributed by atoms with E-state index in [1.807, 2.05) is 0 Å². The smallest absolute Gasteiger partial charge is 0.316 e. The number of carbonyl (C=O) groups excluding carboxylic acids is 1. The van der Waals surface area contributed by atoms with Crippen LogP contribution in [0, 0.1) is 23.4 Å². The summed E-state index contributed by atoms with van der Waals surface area (Å²) in [5.74, 6) is -8.68. The molecule has 1 saturated heterocycles. The van der Waals surface area contributed by atoms with Gasteiger partial charge in [-0.1, -0.05) is 0 Å². The molecular formula is C11H8F3NO3. The van der Waals surface area contributed by atoms with Gasteiger partial charge in [0, 0.05) is 24.1 Å². The van der Waals surface area contributed by atoms with Crippen molar-refractivity contribution in [2.45, 2.75) is 5.92 Å². The van der Waals surface area contributed by atoms with Crippen LogP contribution in [0.25, 0.3) is 0 Å². The third-order valence-corrected chi connectivity index (χ3v) is 2.87. The number of hydrogen-bond acceptors (Lipinski definition) is 2. The van der Waals surface area contributed by atoms with Gasteiger partial charge in [0.05, 0.1) is 0 Å². The Morgan fingerprint density at radius 3 is 2.61 bits per heavy atom. The molecule has 1 aliphatic rings. The fourth-order valence-electron chi connectivity index (χ4n) is 2.04. The van der Waals surface area contributed by atoms with Crippen molar-refractivity contribution in [2.75, 3.05) is 6.54 Å². The quantitative estimate of drug-likeness (QED) is 0.615. The highest BCUT2D eigenvalue weighted by molar-refractivity contribution is 5.99. The summed E-state index contributed by atoms with van der Waals surface area (Å²) in [6.07, 6.45) is 0. The maximum Gasteiger partial charge on any atom is 0.316 e. The lowest BCUT2D eigenvalue weighted by atomic mass is 9.88. The summed E-state index contributed by atoms with van der Waals surface area (Å²) in [6.45, 7) is -0.171. The molecule has 2 rings (SSSR count). The minimum atomic E-state index is -1.54. The van der Waals surface area contributed by atoms with E-state index < -0.39 is 46.7 Å². The summed E-state index contributed by atoms with van der Waals surface area (Å²) >= 11 is 0. The molecule has 1 amide bonds. The van der Waals surface area contributed by atoms with E-state index in [-0.39, 0.29) is 6.54 Å². The van der Waals surface area contributed by atoms with Crippen LogP contribution >= 0.6 is 0 Å². The Balaban J connectivity index is 2.49. The van der Waals surface area contributed by atoms with E-state index in [1.165, 1.54) is 0 Å². The standard InChI is InChI=1S/C11H8F3NO3/c12-4-1-5(9(14)7(13)2-4)6-3-15-10(16)8(6)11(17)18/h1-2,6,8H,3H2,(H,15,16)(H,17,18). The Labute approximate surface area is 99.4 Å². The summed E-state index contributed by atoms with van der Waals surface area (Å²) in [7, 11) is 0.